The second-order valence-electron chi connectivity index (χ2n) is 8.14. The van der Waals surface area contributed by atoms with Gasteiger partial charge >= 0.3 is 11.9 Å². The number of nitrogen functional groups attached to an aromatic ring is 1. The van der Waals surface area contributed by atoms with Crippen LogP contribution in [0.5, 0.6) is 0 Å². The van der Waals surface area contributed by atoms with Crippen molar-refractivity contribution in [2.24, 2.45) is 0 Å². The number of carboxylic acid groups (broad SMARTS) is 1. The Kier molecular flexibility index (Phi) is 9.29. The molecule has 184 valence electrons. The van der Waals surface area contributed by atoms with E-state index < -0.39 is 37.6 Å². The number of carbonyl (C=O) groups is 2. The monoisotopic (exact) mass is 485 g/mol. The highest BCUT2D eigenvalue weighted by molar-refractivity contribution is 7.59. The van der Waals surface area contributed by atoms with Gasteiger partial charge in [0.25, 0.3) is 0 Å². The molecule has 0 bridgehead atoms. The molecule has 0 amide bonds. The van der Waals surface area contributed by atoms with Crippen LogP contribution in [0.4, 0.5) is 5.82 Å². The summed E-state index contributed by atoms with van der Waals surface area (Å²) in [4.78, 5) is 35.5. The number of fused-ring (bicyclic) bond motifs is 1. The zero-order valence-corrected chi connectivity index (χ0v) is 20.3. The standard InChI is InChI=1S/C19H32N7O6P/c1-11(2)32-19(29)14(5)25-33(30,24-12(3)6-15(27)28)10-31-13(4)7-26-9-23-16-17(20)21-8-22-18(16)26/h8-9,11-14H,6-7,10H2,1-5H3,(H,27,28)(H2,20,21,22)(H2,24,25,30)/t12-,13+,14-,33?/m0/s1. The van der Waals surface area contributed by atoms with Gasteiger partial charge in [0.1, 0.15) is 24.2 Å². The highest BCUT2D eigenvalue weighted by Crippen LogP contribution is 2.38. The van der Waals surface area contributed by atoms with Gasteiger partial charge in [0.2, 0.25) is 7.44 Å². The number of rotatable bonds is 13. The van der Waals surface area contributed by atoms with Gasteiger partial charge in [-0.25, -0.2) is 25.1 Å². The van der Waals surface area contributed by atoms with Crippen LogP contribution in [-0.4, -0.2) is 67.2 Å². The molecular formula is C19H32N7O6P. The third-order valence-corrected chi connectivity index (χ3v) is 6.62. The van der Waals surface area contributed by atoms with Crippen LogP contribution < -0.4 is 15.9 Å². The Morgan fingerprint density at radius 3 is 2.52 bits per heavy atom. The van der Waals surface area contributed by atoms with Crippen molar-refractivity contribution in [2.75, 3.05) is 12.1 Å². The molecule has 5 N–H and O–H groups in total. The third-order valence-electron chi connectivity index (χ3n) is 4.44. The van der Waals surface area contributed by atoms with E-state index >= 15 is 0 Å². The summed E-state index contributed by atoms with van der Waals surface area (Å²) in [5.41, 5.74) is 6.82. The molecule has 0 saturated carbocycles. The highest BCUT2D eigenvalue weighted by Gasteiger charge is 2.31. The number of imidazole rings is 1. The maximum atomic E-state index is 13.6. The lowest BCUT2D eigenvalue weighted by atomic mass is 10.3. The van der Waals surface area contributed by atoms with Gasteiger partial charge in [0.05, 0.1) is 31.5 Å². The summed E-state index contributed by atoms with van der Waals surface area (Å²) < 4.78 is 26.3. The Bertz CT molecular complexity index is 1010. The van der Waals surface area contributed by atoms with E-state index in [1.54, 1.807) is 38.6 Å². The number of aromatic nitrogens is 4. The molecule has 0 spiro atoms. The Morgan fingerprint density at radius 1 is 1.18 bits per heavy atom. The summed E-state index contributed by atoms with van der Waals surface area (Å²) in [7, 11) is -3.54. The van der Waals surface area contributed by atoms with Crippen LogP contribution >= 0.6 is 7.44 Å². The molecule has 0 aromatic carbocycles. The maximum Gasteiger partial charge on any atom is 0.323 e. The van der Waals surface area contributed by atoms with E-state index in [0.717, 1.165) is 0 Å². The van der Waals surface area contributed by atoms with Gasteiger partial charge in [-0.05, 0) is 34.6 Å². The average Bonchev–Trinajstić information content (AvgIpc) is 3.09. The van der Waals surface area contributed by atoms with E-state index in [2.05, 4.69) is 25.1 Å². The molecule has 14 heteroatoms. The fraction of sp³-hybridized carbons (Fsp3) is 0.632. The van der Waals surface area contributed by atoms with Crippen molar-refractivity contribution >= 4 is 36.4 Å². The number of aliphatic carboxylic acids is 1. The van der Waals surface area contributed by atoms with Gasteiger partial charge in [-0.3, -0.25) is 14.2 Å². The van der Waals surface area contributed by atoms with Crippen LogP contribution in [0.2, 0.25) is 0 Å². The molecule has 4 atom stereocenters. The van der Waals surface area contributed by atoms with Crippen molar-refractivity contribution in [1.29, 1.82) is 0 Å². The minimum Gasteiger partial charge on any atom is -0.481 e. The van der Waals surface area contributed by atoms with Gasteiger partial charge in [0, 0.05) is 6.04 Å². The molecule has 0 radical (unpaired) electrons. The van der Waals surface area contributed by atoms with Crippen LogP contribution in [0.1, 0.15) is 41.0 Å². The SMILES string of the molecule is CC(C)OC(=O)[C@H](C)NP(=O)(CO[C@H](C)Cn1cnc2c(N)ncnc21)N[C@@H](C)CC(=O)O. The fourth-order valence-electron chi connectivity index (χ4n) is 3.07. The third kappa shape index (κ3) is 8.04. The van der Waals surface area contributed by atoms with Gasteiger partial charge in [0.15, 0.2) is 11.5 Å². The number of anilines is 1. The van der Waals surface area contributed by atoms with E-state index in [4.69, 9.17) is 20.3 Å². The Labute approximate surface area is 191 Å². The largest absolute Gasteiger partial charge is 0.481 e. The molecule has 0 aliphatic heterocycles. The number of hydrogen-bond acceptors (Lipinski definition) is 9. The normalized spacial score (nSPS) is 16.3. The summed E-state index contributed by atoms with van der Waals surface area (Å²) in [5.74, 6) is -1.36. The predicted molar refractivity (Wildman–Crippen MR) is 121 cm³/mol. The Morgan fingerprint density at radius 2 is 1.88 bits per heavy atom. The lowest BCUT2D eigenvalue weighted by Gasteiger charge is -2.28. The highest BCUT2D eigenvalue weighted by atomic mass is 31.2. The first kappa shape index (κ1) is 26.7. The van der Waals surface area contributed by atoms with Crippen LogP contribution in [0.3, 0.4) is 0 Å². The van der Waals surface area contributed by atoms with Gasteiger partial charge in [-0.15, -0.1) is 0 Å². The van der Waals surface area contributed by atoms with E-state index in [1.807, 2.05) is 0 Å². The summed E-state index contributed by atoms with van der Waals surface area (Å²) in [6.07, 6.45) is 1.59. The van der Waals surface area contributed by atoms with Crippen molar-refractivity contribution in [3.05, 3.63) is 12.7 Å². The first-order valence-corrected chi connectivity index (χ1v) is 12.4. The maximum absolute atomic E-state index is 13.6. The molecule has 2 aromatic rings. The first-order chi connectivity index (χ1) is 15.4. The minimum absolute atomic E-state index is 0.256. The average molecular weight is 485 g/mol. The molecule has 13 nitrogen and oxygen atoms in total. The Balaban J connectivity index is 2.08. The molecule has 2 aromatic heterocycles. The second kappa shape index (κ2) is 11.5. The topological polar surface area (TPSA) is 184 Å². The lowest BCUT2D eigenvalue weighted by molar-refractivity contribution is -0.149. The van der Waals surface area contributed by atoms with Crippen molar-refractivity contribution in [2.45, 2.75) is 71.9 Å². The number of nitrogens with zero attached hydrogens (tertiary/aromatic N) is 4. The number of ether oxygens (including phenoxy) is 2. The molecule has 0 saturated heterocycles. The summed E-state index contributed by atoms with van der Waals surface area (Å²) >= 11 is 0. The van der Waals surface area contributed by atoms with Crippen LogP contribution in [0.25, 0.3) is 11.2 Å². The van der Waals surface area contributed by atoms with Gasteiger partial charge < -0.3 is 24.9 Å². The van der Waals surface area contributed by atoms with E-state index in [1.165, 1.54) is 13.3 Å². The number of nitrogens with one attached hydrogen (secondary N) is 2. The van der Waals surface area contributed by atoms with Gasteiger partial charge in [-0.1, -0.05) is 0 Å². The summed E-state index contributed by atoms with van der Waals surface area (Å²) in [6.45, 7) is 8.64. The van der Waals surface area contributed by atoms with Gasteiger partial charge in [-0.2, -0.15) is 0 Å². The molecule has 0 aliphatic rings. The van der Waals surface area contributed by atoms with E-state index in [9.17, 15) is 14.2 Å². The van der Waals surface area contributed by atoms with Crippen LogP contribution in [0, 0.1) is 0 Å². The van der Waals surface area contributed by atoms with Crippen molar-refractivity contribution in [3.8, 4) is 0 Å². The number of carbonyl (C=O) groups excluding carboxylic acids is 1. The lowest BCUT2D eigenvalue weighted by Crippen LogP contribution is -2.41. The number of carboxylic acids is 1. The second-order valence-corrected chi connectivity index (χ2v) is 10.4. The van der Waals surface area contributed by atoms with Crippen molar-refractivity contribution in [1.82, 2.24) is 29.7 Å². The minimum atomic E-state index is -3.54. The molecule has 1 unspecified atom stereocenters. The summed E-state index contributed by atoms with van der Waals surface area (Å²) in [6, 6.07) is -1.54. The van der Waals surface area contributed by atoms with Crippen LogP contribution in [-0.2, 0) is 30.2 Å². The van der Waals surface area contributed by atoms with Crippen LogP contribution in [0.15, 0.2) is 12.7 Å². The number of esters is 1. The fourth-order valence-corrected chi connectivity index (χ4v) is 5.29. The molecule has 2 rings (SSSR count). The zero-order valence-electron chi connectivity index (χ0n) is 19.4. The van der Waals surface area contributed by atoms with Crippen molar-refractivity contribution in [3.63, 3.8) is 0 Å². The smallest absolute Gasteiger partial charge is 0.323 e. The quantitative estimate of drug-likeness (QED) is 0.236. The number of nitrogens with two attached hydrogens (primary N) is 1. The number of hydrogen-bond donors (Lipinski definition) is 4. The Hall–Kier alpha value is -2.60. The summed E-state index contributed by atoms with van der Waals surface area (Å²) in [5, 5.41) is 14.6. The van der Waals surface area contributed by atoms with Crippen molar-refractivity contribution < 1.29 is 28.7 Å². The molecule has 0 fully saturated rings. The molecule has 33 heavy (non-hydrogen) atoms. The predicted octanol–water partition coefficient (Wildman–Crippen LogP) is 1.35. The first-order valence-electron chi connectivity index (χ1n) is 10.5. The van der Waals surface area contributed by atoms with E-state index in [-0.39, 0.29) is 24.7 Å². The molecule has 2 heterocycles. The zero-order chi connectivity index (χ0) is 24.8. The molecule has 0 aliphatic carbocycles. The van der Waals surface area contributed by atoms with E-state index in [0.29, 0.717) is 17.7 Å². The molecular weight excluding hydrogens is 453 g/mol.